The zero-order valence-electron chi connectivity index (χ0n) is 8.70. The molecule has 0 saturated heterocycles. The zero-order valence-corrected chi connectivity index (χ0v) is 8.70. The summed E-state index contributed by atoms with van der Waals surface area (Å²) in [4.78, 5) is 0. The molecule has 74 valence electrons. The Bertz CT molecular complexity index is 332. The summed E-state index contributed by atoms with van der Waals surface area (Å²) in [5, 5.41) is 9.90. The molecule has 0 bridgehead atoms. The topological polar surface area (TPSA) is 20.2 Å². The van der Waals surface area contributed by atoms with Crippen molar-refractivity contribution in [3.05, 3.63) is 48.2 Å². The van der Waals surface area contributed by atoms with Crippen LogP contribution in [0, 0.1) is 5.92 Å². The molecule has 1 N–H and O–H groups in total. The van der Waals surface area contributed by atoms with Crippen molar-refractivity contribution in [3.63, 3.8) is 0 Å². The molecule has 1 atom stereocenters. The predicted molar refractivity (Wildman–Crippen MR) is 59.8 cm³/mol. The fourth-order valence-corrected chi connectivity index (χ4v) is 1.33. The van der Waals surface area contributed by atoms with Gasteiger partial charge in [0.25, 0.3) is 0 Å². The first-order valence-electron chi connectivity index (χ1n) is 4.80. The molecule has 0 aromatic heterocycles. The van der Waals surface area contributed by atoms with Crippen LogP contribution in [0.15, 0.2) is 42.6 Å². The van der Waals surface area contributed by atoms with Crippen LogP contribution < -0.4 is 0 Å². The molecule has 0 fully saturated rings. The van der Waals surface area contributed by atoms with E-state index in [1.165, 1.54) is 0 Å². The lowest BCUT2D eigenvalue weighted by atomic mass is 9.94. The van der Waals surface area contributed by atoms with Gasteiger partial charge in [0.1, 0.15) is 0 Å². The van der Waals surface area contributed by atoms with E-state index in [-0.39, 0.29) is 5.92 Å². The Morgan fingerprint density at radius 2 is 1.86 bits per heavy atom. The van der Waals surface area contributed by atoms with Gasteiger partial charge >= 0.3 is 0 Å². The van der Waals surface area contributed by atoms with E-state index in [1.807, 2.05) is 44.2 Å². The second kappa shape index (κ2) is 4.80. The molecule has 1 heteroatoms. The first kappa shape index (κ1) is 10.8. The summed E-state index contributed by atoms with van der Waals surface area (Å²) < 4.78 is 0. The summed E-state index contributed by atoms with van der Waals surface area (Å²) in [5.74, 6) is 0.180. The Kier molecular flexibility index (Phi) is 3.70. The number of aliphatic hydroxyl groups is 1. The fourth-order valence-electron chi connectivity index (χ4n) is 1.33. The maximum Gasteiger partial charge on any atom is 0.0890 e. The maximum absolute atomic E-state index is 9.90. The second-order valence-electron chi connectivity index (χ2n) is 3.65. The van der Waals surface area contributed by atoms with E-state index in [9.17, 15) is 5.11 Å². The van der Waals surface area contributed by atoms with Crippen molar-refractivity contribution >= 4 is 5.57 Å². The SMILES string of the molecule is C=C=C(c1ccccc1)[C@H](O)C(C)C. The van der Waals surface area contributed by atoms with Crippen LogP contribution in [0.25, 0.3) is 5.57 Å². The molecule has 0 radical (unpaired) electrons. The highest BCUT2D eigenvalue weighted by atomic mass is 16.3. The first-order chi connectivity index (χ1) is 6.66. The van der Waals surface area contributed by atoms with Crippen molar-refractivity contribution in [2.75, 3.05) is 0 Å². The van der Waals surface area contributed by atoms with Crippen LogP contribution in [0.1, 0.15) is 19.4 Å². The van der Waals surface area contributed by atoms with Crippen molar-refractivity contribution < 1.29 is 5.11 Å². The van der Waals surface area contributed by atoms with Crippen LogP contribution in [0.5, 0.6) is 0 Å². The third-order valence-corrected chi connectivity index (χ3v) is 2.20. The number of aliphatic hydroxyl groups excluding tert-OH is 1. The standard InChI is InChI=1S/C13H16O/c1-4-12(13(14)10(2)3)11-8-6-5-7-9-11/h5-10,13-14H,1H2,2-3H3/t13-/m1/s1. The molecule has 1 rings (SSSR count). The smallest absolute Gasteiger partial charge is 0.0890 e. The summed E-state index contributed by atoms with van der Waals surface area (Å²) in [5.41, 5.74) is 4.58. The van der Waals surface area contributed by atoms with Gasteiger partial charge in [-0.2, -0.15) is 0 Å². The summed E-state index contributed by atoms with van der Waals surface area (Å²) >= 11 is 0. The van der Waals surface area contributed by atoms with E-state index in [2.05, 4.69) is 12.3 Å². The lowest BCUT2D eigenvalue weighted by Crippen LogP contribution is -2.16. The van der Waals surface area contributed by atoms with Gasteiger partial charge in [0.05, 0.1) is 6.10 Å². The Labute approximate surface area is 85.4 Å². The van der Waals surface area contributed by atoms with E-state index >= 15 is 0 Å². The minimum atomic E-state index is -0.491. The molecule has 0 aliphatic rings. The zero-order chi connectivity index (χ0) is 10.6. The first-order valence-corrected chi connectivity index (χ1v) is 4.80. The largest absolute Gasteiger partial charge is 0.387 e. The fraction of sp³-hybridized carbons (Fsp3) is 0.308. The normalized spacial score (nSPS) is 12.3. The predicted octanol–water partition coefficient (Wildman–Crippen LogP) is 2.87. The molecule has 0 heterocycles. The van der Waals surface area contributed by atoms with Crippen LogP contribution in [0.2, 0.25) is 0 Å². The Balaban J connectivity index is 3.01. The third kappa shape index (κ3) is 2.35. The van der Waals surface area contributed by atoms with E-state index in [0.717, 1.165) is 11.1 Å². The number of rotatable bonds is 3. The molecule has 0 aliphatic carbocycles. The Morgan fingerprint density at radius 3 is 2.29 bits per heavy atom. The molecule has 14 heavy (non-hydrogen) atoms. The average Bonchev–Trinajstić information content (AvgIpc) is 2.20. The quantitative estimate of drug-likeness (QED) is 0.723. The van der Waals surface area contributed by atoms with Crippen molar-refractivity contribution in [3.8, 4) is 0 Å². The highest BCUT2D eigenvalue weighted by Gasteiger charge is 2.15. The number of hydrogen-bond acceptors (Lipinski definition) is 1. The van der Waals surface area contributed by atoms with E-state index < -0.39 is 6.10 Å². The van der Waals surface area contributed by atoms with Crippen molar-refractivity contribution in [1.29, 1.82) is 0 Å². The van der Waals surface area contributed by atoms with Crippen LogP contribution in [0.4, 0.5) is 0 Å². The molecule has 0 amide bonds. The van der Waals surface area contributed by atoms with Gasteiger partial charge in [-0.25, -0.2) is 0 Å². The van der Waals surface area contributed by atoms with Crippen molar-refractivity contribution in [2.24, 2.45) is 5.92 Å². The minimum absolute atomic E-state index is 0.180. The van der Waals surface area contributed by atoms with Gasteiger partial charge in [-0.15, -0.1) is 5.73 Å². The Hall–Kier alpha value is -1.30. The lowest BCUT2D eigenvalue weighted by molar-refractivity contribution is 0.181. The van der Waals surface area contributed by atoms with E-state index in [0.29, 0.717) is 0 Å². The highest BCUT2D eigenvalue weighted by molar-refractivity contribution is 5.67. The monoisotopic (exact) mass is 188 g/mol. The van der Waals surface area contributed by atoms with Crippen LogP contribution in [0.3, 0.4) is 0 Å². The van der Waals surface area contributed by atoms with Gasteiger partial charge in [-0.05, 0) is 11.5 Å². The van der Waals surface area contributed by atoms with Gasteiger partial charge in [0.2, 0.25) is 0 Å². The van der Waals surface area contributed by atoms with E-state index in [4.69, 9.17) is 0 Å². The second-order valence-corrected chi connectivity index (χ2v) is 3.65. The van der Waals surface area contributed by atoms with Crippen molar-refractivity contribution in [1.82, 2.24) is 0 Å². The number of benzene rings is 1. The maximum atomic E-state index is 9.90. The van der Waals surface area contributed by atoms with Crippen LogP contribution >= 0.6 is 0 Å². The van der Waals surface area contributed by atoms with Gasteiger partial charge in [-0.1, -0.05) is 50.8 Å². The van der Waals surface area contributed by atoms with Gasteiger partial charge in [-0.3, -0.25) is 0 Å². The summed E-state index contributed by atoms with van der Waals surface area (Å²) in [6.45, 7) is 7.57. The Morgan fingerprint density at radius 1 is 1.29 bits per heavy atom. The molecule has 0 spiro atoms. The van der Waals surface area contributed by atoms with Gasteiger partial charge in [0, 0.05) is 5.57 Å². The summed E-state index contributed by atoms with van der Waals surface area (Å²) in [6, 6.07) is 9.75. The molecular weight excluding hydrogens is 172 g/mol. The van der Waals surface area contributed by atoms with Crippen LogP contribution in [-0.2, 0) is 0 Å². The molecular formula is C13H16O. The van der Waals surface area contributed by atoms with Crippen molar-refractivity contribution in [2.45, 2.75) is 20.0 Å². The number of hydrogen-bond donors (Lipinski definition) is 1. The van der Waals surface area contributed by atoms with E-state index in [1.54, 1.807) is 0 Å². The molecule has 0 unspecified atom stereocenters. The molecule has 0 saturated carbocycles. The third-order valence-electron chi connectivity index (χ3n) is 2.20. The highest BCUT2D eigenvalue weighted by Crippen LogP contribution is 2.21. The molecule has 1 nitrogen and oxygen atoms in total. The average molecular weight is 188 g/mol. The summed E-state index contributed by atoms with van der Waals surface area (Å²) in [7, 11) is 0. The summed E-state index contributed by atoms with van der Waals surface area (Å²) in [6.07, 6.45) is -0.491. The van der Waals surface area contributed by atoms with Gasteiger partial charge in [0.15, 0.2) is 0 Å². The van der Waals surface area contributed by atoms with Gasteiger partial charge < -0.3 is 5.11 Å². The molecule has 1 aromatic carbocycles. The minimum Gasteiger partial charge on any atom is -0.387 e. The van der Waals surface area contributed by atoms with Crippen LogP contribution in [-0.4, -0.2) is 11.2 Å². The molecule has 1 aromatic rings. The molecule has 0 aliphatic heterocycles. The lowest BCUT2D eigenvalue weighted by Gasteiger charge is -2.16.